The fourth-order valence-corrected chi connectivity index (χ4v) is 4.29. The number of nitrogens with one attached hydrogen (secondary N) is 3. The van der Waals surface area contributed by atoms with Crippen molar-refractivity contribution in [3.8, 4) is 0 Å². The number of amides is 1. The summed E-state index contributed by atoms with van der Waals surface area (Å²) >= 11 is 4.56. The molecule has 3 aromatic heterocycles. The fraction of sp³-hybridized carbons (Fsp3) is 0.0500. The smallest absolute Gasteiger partial charge is 0.258 e. The molecule has 0 atom stereocenters. The van der Waals surface area contributed by atoms with Gasteiger partial charge in [-0.2, -0.15) is 0 Å². The lowest BCUT2D eigenvalue weighted by molar-refractivity contribution is 0.102. The summed E-state index contributed by atoms with van der Waals surface area (Å²) in [5.41, 5.74) is 9.53. The van der Waals surface area contributed by atoms with Crippen LogP contribution in [0.4, 0.5) is 17.2 Å². The maximum Gasteiger partial charge on any atom is 0.258 e. The van der Waals surface area contributed by atoms with Crippen LogP contribution in [0.2, 0.25) is 0 Å². The minimum atomic E-state index is -0.334. The number of hydrogen-bond acceptors (Lipinski definition) is 8. The summed E-state index contributed by atoms with van der Waals surface area (Å²) < 4.78 is 0.817. The summed E-state index contributed by atoms with van der Waals surface area (Å²) in [4.78, 5) is 25.2. The molecule has 0 bridgehead atoms. The van der Waals surface area contributed by atoms with Crippen LogP contribution in [0, 0.1) is 5.41 Å². The normalized spacial score (nSPS) is 10.7. The van der Waals surface area contributed by atoms with Gasteiger partial charge >= 0.3 is 0 Å². The quantitative estimate of drug-likeness (QED) is 0.304. The summed E-state index contributed by atoms with van der Waals surface area (Å²) in [7, 11) is 0. The maximum absolute atomic E-state index is 12.9. The van der Waals surface area contributed by atoms with Gasteiger partial charge in [-0.15, -0.1) is 11.3 Å². The molecular formula is C20H16BrN7OS. The standard InChI is InChI=1S/C20H16BrN7OS/c21-18(22)15-13(25-8-11-3-2-6-24-7-11)4-1-5-14(15)28-20(29)12-9-30-17-16(12)26-10-27-19(17)23/h1-7,9-10,22,25H,8H2,(H,28,29)(H2,23,26,27). The average molecular weight is 482 g/mol. The predicted octanol–water partition coefficient (Wildman–Crippen LogP) is 4.25. The highest BCUT2D eigenvalue weighted by Gasteiger charge is 2.19. The van der Waals surface area contributed by atoms with E-state index in [4.69, 9.17) is 11.1 Å². The van der Waals surface area contributed by atoms with Crippen LogP contribution in [0.3, 0.4) is 0 Å². The van der Waals surface area contributed by atoms with E-state index in [9.17, 15) is 4.79 Å². The first-order valence-corrected chi connectivity index (χ1v) is 10.5. The number of nitrogen functional groups attached to an aromatic ring is 1. The molecule has 4 aromatic rings. The van der Waals surface area contributed by atoms with Crippen molar-refractivity contribution in [3.63, 3.8) is 0 Å². The molecule has 8 nitrogen and oxygen atoms in total. The number of rotatable bonds is 6. The summed E-state index contributed by atoms with van der Waals surface area (Å²) in [5.74, 6) is 0.00679. The molecule has 3 heterocycles. The van der Waals surface area contributed by atoms with Gasteiger partial charge in [0.05, 0.1) is 27.0 Å². The Morgan fingerprint density at radius 3 is 2.80 bits per heavy atom. The van der Waals surface area contributed by atoms with E-state index in [1.54, 1.807) is 23.8 Å². The Labute approximate surface area is 184 Å². The Kier molecular flexibility index (Phi) is 5.68. The summed E-state index contributed by atoms with van der Waals surface area (Å²) in [6, 6.07) is 9.23. The highest BCUT2D eigenvalue weighted by molar-refractivity contribution is 9.18. The molecule has 0 aliphatic heterocycles. The zero-order valence-corrected chi connectivity index (χ0v) is 17.9. The Morgan fingerprint density at radius 1 is 1.20 bits per heavy atom. The van der Waals surface area contributed by atoms with E-state index in [2.05, 4.69) is 41.5 Å². The second-order valence-electron chi connectivity index (χ2n) is 6.30. The topological polar surface area (TPSA) is 130 Å². The molecule has 150 valence electrons. The molecule has 0 saturated heterocycles. The van der Waals surface area contributed by atoms with Crippen molar-refractivity contribution >= 4 is 65.2 Å². The fourth-order valence-electron chi connectivity index (χ4n) is 2.96. The van der Waals surface area contributed by atoms with E-state index in [0.29, 0.717) is 45.1 Å². The second-order valence-corrected chi connectivity index (χ2v) is 7.97. The number of nitrogens with zero attached hydrogens (tertiary/aromatic N) is 3. The molecule has 0 radical (unpaired) electrons. The summed E-state index contributed by atoms with van der Waals surface area (Å²) in [6.07, 6.45) is 4.82. The van der Waals surface area contributed by atoms with Crippen LogP contribution in [0.25, 0.3) is 10.2 Å². The molecule has 1 amide bonds. The number of hydrogen-bond donors (Lipinski definition) is 4. The number of anilines is 3. The first-order chi connectivity index (χ1) is 14.5. The maximum atomic E-state index is 12.9. The zero-order chi connectivity index (χ0) is 21.1. The Morgan fingerprint density at radius 2 is 2.03 bits per heavy atom. The third-order valence-corrected chi connectivity index (χ3v) is 5.75. The van der Waals surface area contributed by atoms with Crippen LogP contribution in [-0.4, -0.2) is 25.5 Å². The predicted molar refractivity (Wildman–Crippen MR) is 124 cm³/mol. The molecule has 0 spiro atoms. The molecule has 1 aromatic carbocycles. The van der Waals surface area contributed by atoms with Crippen molar-refractivity contribution < 1.29 is 4.79 Å². The lowest BCUT2D eigenvalue weighted by Crippen LogP contribution is -2.15. The molecule has 0 unspecified atom stereocenters. The summed E-state index contributed by atoms with van der Waals surface area (Å²) in [6.45, 7) is 0.532. The van der Waals surface area contributed by atoms with E-state index < -0.39 is 0 Å². The third kappa shape index (κ3) is 4.00. The van der Waals surface area contributed by atoms with Crippen LogP contribution in [0.5, 0.6) is 0 Å². The molecule has 10 heteroatoms. The minimum Gasteiger partial charge on any atom is -0.382 e. The van der Waals surface area contributed by atoms with Crippen molar-refractivity contribution in [2.45, 2.75) is 6.54 Å². The van der Waals surface area contributed by atoms with Gasteiger partial charge in [0.2, 0.25) is 0 Å². The monoisotopic (exact) mass is 481 g/mol. The SMILES string of the molecule is N=C(Br)c1c(NCc2cccnc2)cccc1NC(=O)c1csc2c(N)ncnc12. The first kappa shape index (κ1) is 19.9. The zero-order valence-electron chi connectivity index (χ0n) is 15.5. The molecule has 0 saturated carbocycles. The Hall–Kier alpha value is -3.37. The number of nitrogens with two attached hydrogens (primary N) is 1. The van der Waals surface area contributed by atoms with E-state index >= 15 is 0 Å². The van der Waals surface area contributed by atoms with E-state index in [-0.39, 0.29) is 10.5 Å². The van der Waals surface area contributed by atoms with Crippen LogP contribution in [0.1, 0.15) is 21.5 Å². The van der Waals surface area contributed by atoms with Gasteiger partial charge in [-0.05, 0) is 39.7 Å². The van der Waals surface area contributed by atoms with Gasteiger partial charge in [0, 0.05) is 30.0 Å². The minimum absolute atomic E-state index is 0.147. The number of thiophene rings is 1. The molecule has 30 heavy (non-hydrogen) atoms. The number of fused-ring (bicyclic) bond motifs is 1. The average Bonchev–Trinajstić information content (AvgIpc) is 3.18. The van der Waals surface area contributed by atoms with Gasteiger partial charge in [0.1, 0.15) is 16.8 Å². The summed E-state index contributed by atoms with van der Waals surface area (Å²) in [5, 5.41) is 16.0. The molecular weight excluding hydrogens is 466 g/mol. The Bertz CT molecular complexity index is 1240. The molecule has 4 rings (SSSR count). The molecule has 0 aliphatic carbocycles. The number of aromatic nitrogens is 3. The number of pyridine rings is 1. The van der Waals surface area contributed by atoms with Crippen molar-refractivity contribution in [1.82, 2.24) is 15.0 Å². The van der Waals surface area contributed by atoms with Gasteiger partial charge in [-0.3, -0.25) is 15.2 Å². The van der Waals surface area contributed by atoms with Crippen LogP contribution >= 0.6 is 27.3 Å². The lowest BCUT2D eigenvalue weighted by Gasteiger charge is -2.15. The van der Waals surface area contributed by atoms with Gasteiger partial charge in [0.15, 0.2) is 0 Å². The number of halogens is 1. The molecule has 0 aliphatic rings. The van der Waals surface area contributed by atoms with Gasteiger partial charge < -0.3 is 16.4 Å². The third-order valence-electron chi connectivity index (χ3n) is 4.36. The van der Waals surface area contributed by atoms with Crippen molar-refractivity contribution in [2.75, 3.05) is 16.4 Å². The van der Waals surface area contributed by atoms with E-state index in [0.717, 1.165) is 5.56 Å². The van der Waals surface area contributed by atoms with Crippen LogP contribution in [0.15, 0.2) is 54.4 Å². The van der Waals surface area contributed by atoms with Crippen molar-refractivity contribution in [1.29, 1.82) is 5.41 Å². The lowest BCUT2D eigenvalue weighted by atomic mass is 10.1. The van der Waals surface area contributed by atoms with Gasteiger partial charge in [-0.1, -0.05) is 12.1 Å². The number of carbonyl (C=O) groups excluding carboxylic acids is 1. The number of benzene rings is 1. The Balaban J connectivity index is 1.62. The van der Waals surface area contributed by atoms with Crippen molar-refractivity contribution in [2.24, 2.45) is 0 Å². The molecule has 5 N–H and O–H groups in total. The van der Waals surface area contributed by atoms with Crippen molar-refractivity contribution in [3.05, 3.63) is 71.1 Å². The largest absolute Gasteiger partial charge is 0.382 e. The van der Waals surface area contributed by atoms with Crippen LogP contribution in [-0.2, 0) is 6.54 Å². The second kappa shape index (κ2) is 8.56. The first-order valence-electron chi connectivity index (χ1n) is 8.84. The van der Waals surface area contributed by atoms with E-state index in [1.165, 1.54) is 17.7 Å². The van der Waals surface area contributed by atoms with Gasteiger partial charge in [0.25, 0.3) is 5.91 Å². The van der Waals surface area contributed by atoms with Crippen LogP contribution < -0.4 is 16.4 Å². The highest BCUT2D eigenvalue weighted by atomic mass is 79.9. The van der Waals surface area contributed by atoms with E-state index in [1.807, 2.05) is 24.3 Å². The highest BCUT2D eigenvalue weighted by Crippen LogP contribution is 2.31. The number of carbonyl (C=O) groups is 1. The van der Waals surface area contributed by atoms with Gasteiger partial charge in [-0.25, -0.2) is 9.97 Å². The molecule has 0 fully saturated rings.